The molecule has 1 rings (SSSR count). The largest absolute Gasteiger partial charge is 0.280 e. The van der Waals surface area contributed by atoms with Gasteiger partial charge >= 0.3 is 0 Å². The molecule has 0 saturated carbocycles. The first kappa shape index (κ1) is 12.8. The van der Waals surface area contributed by atoms with E-state index in [0.29, 0.717) is 0 Å². The minimum atomic E-state index is -4.03. The van der Waals surface area contributed by atoms with E-state index in [2.05, 4.69) is 20.9 Å². The van der Waals surface area contributed by atoms with Gasteiger partial charge in [0.25, 0.3) is 15.5 Å². The van der Waals surface area contributed by atoms with Gasteiger partial charge in [0.05, 0.1) is 4.90 Å². The Morgan fingerprint density at radius 2 is 2.13 bits per heavy atom. The molecule has 84 valence electrons. The standard InChI is InChI=1S/C7H5BrClF2NO2S/c8-3-4-5(15(9,13)14)1-2-12-6(4)7(10)11/h1-2,7H,3H2. The van der Waals surface area contributed by atoms with Gasteiger partial charge in [-0.25, -0.2) is 17.2 Å². The minimum absolute atomic E-state index is 0.0538. The van der Waals surface area contributed by atoms with Crippen molar-refractivity contribution in [3.05, 3.63) is 23.5 Å². The topological polar surface area (TPSA) is 47.0 Å². The van der Waals surface area contributed by atoms with Gasteiger partial charge in [-0.05, 0) is 6.07 Å². The second kappa shape index (κ2) is 4.71. The summed E-state index contributed by atoms with van der Waals surface area (Å²) in [5, 5.41) is -0.0538. The molecule has 0 fully saturated rings. The van der Waals surface area contributed by atoms with Crippen LogP contribution in [0.3, 0.4) is 0 Å². The number of rotatable bonds is 3. The fourth-order valence-electron chi connectivity index (χ4n) is 1.04. The number of pyridine rings is 1. The zero-order valence-electron chi connectivity index (χ0n) is 7.12. The molecule has 3 nitrogen and oxygen atoms in total. The number of halogens is 4. The van der Waals surface area contributed by atoms with E-state index in [1.807, 2.05) is 0 Å². The molecule has 0 aromatic carbocycles. The average Bonchev–Trinajstić information content (AvgIpc) is 2.15. The highest BCUT2D eigenvalue weighted by Gasteiger charge is 2.22. The summed E-state index contributed by atoms with van der Waals surface area (Å²) >= 11 is 2.92. The maximum atomic E-state index is 12.5. The van der Waals surface area contributed by atoms with Crippen molar-refractivity contribution >= 4 is 35.7 Å². The van der Waals surface area contributed by atoms with Crippen LogP contribution in [-0.2, 0) is 14.4 Å². The molecule has 1 aromatic rings. The smallest absolute Gasteiger partial charge is 0.255 e. The quantitative estimate of drug-likeness (QED) is 0.635. The second-order valence-corrected chi connectivity index (χ2v) is 5.64. The Labute approximate surface area is 98.0 Å². The van der Waals surface area contributed by atoms with Gasteiger partial charge in [-0.1, -0.05) is 15.9 Å². The van der Waals surface area contributed by atoms with E-state index in [-0.39, 0.29) is 15.8 Å². The molecular formula is C7H5BrClF2NO2S. The molecule has 0 aliphatic rings. The first-order valence-corrected chi connectivity index (χ1v) is 7.07. The van der Waals surface area contributed by atoms with Gasteiger partial charge in [0.1, 0.15) is 5.69 Å². The summed E-state index contributed by atoms with van der Waals surface area (Å²) in [6.45, 7) is 0. The SMILES string of the molecule is O=S(=O)(Cl)c1ccnc(C(F)F)c1CBr. The number of aromatic nitrogens is 1. The summed E-state index contributed by atoms with van der Waals surface area (Å²) in [5.74, 6) is 0. The summed E-state index contributed by atoms with van der Waals surface area (Å²) < 4.78 is 47.0. The third kappa shape index (κ3) is 2.85. The van der Waals surface area contributed by atoms with Gasteiger partial charge in [0.15, 0.2) is 0 Å². The molecule has 0 unspecified atom stereocenters. The maximum Gasteiger partial charge on any atom is 0.280 e. The van der Waals surface area contributed by atoms with E-state index in [1.54, 1.807) is 0 Å². The van der Waals surface area contributed by atoms with Crippen LogP contribution in [0.4, 0.5) is 8.78 Å². The van der Waals surface area contributed by atoms with Crippen molar-refractivity contribution in [2.75, 3.05) is 0 Å². The van der Waals surface area contributed by atoms with Gasteiger partial charge < -0.3 is 0 Å². The molecule has 0 saturated heterocycles. The van der Waals surface area contributed by atoms with Gasteiger partial charge in [-0.3, -0.25) is 4.98 Å². The summed E-state index contributed by atoms with van der Waals surface area (Å²) in [5.41, 5.74) is -0.684. The molecule has 0 amide bonds. The van der Waals surface area contributed by atoms with E-state index < -0.39 is 21.2 Å². The fraction of sp³-hybridized carbons (Fsp3) is 0.286. The van der Waals surface area contributed by atoms with Gasteiger partial charge in [-0.15, -0.1) is 0 Å². The third-order valence-electron chi connectivity index (χ3n) is 1.65. The Morgan fingerprint density at radius 1 is 1.53 bits per heavy atom. The molecule has 0 bridgehead atoms. The molecule has 1 heterocycles. The van der Waals surface area contributed by atoms with Crippen molar-refractivity contribution in [3.8, 4) is 0 Å². The first-order valence-electron chi connectivity index (χ1n) is 3.64. The summed E-state index contributed by atoms with van der Waals surface area (Å²) in [6.07, 6.45) is -1.85. The van der Waals surface area contributed by atoms with Crippen molar-refractivity contribution in [2.24, 2.45) is 0 Å². The number of nitrogens with zero attached hydrogens (tertiary/aromatic N) is 1. The van der Waals surface area contributed by atoms with Gasteiger partial charge in [-0.2, -0.15) is 0 Å². The van der Waals surface area contributed by atoms with Crippen LogP contribution < -0.4 is 0 Å². The highest BCUT2D eigenvalue weighted by atomic mass is 79.9. The van der Waals surface area contributed by atoms with Crippen LogP contribution in [0, 0.1) is 0 Å². The van der Waals surface area contributed by atoms with E-state index in [1.165, 1.54) is 0 Å². The predicted molar refractivity (Wildman–Crippen MR) is 54.9 cm³/mol. The van der Waals surface area contributed by atoms with Crippen LogP contribution >= 0.6 is 26.6 Å². The van der Waals surface area contributed by atoms with Crippen molar-refractivity contribution in [3.63, 3.8) is 0 Å². The van der Waals surface area contributed by atoms with Crippen molar-refractivity contribution < 1.29 is 17.2 Å². The third-order valence-corrected chi connectivity index (χ3v) is 3.62. The normalized spacial score (nSPS) is 12.1. The summed E-state index contributed by atoms with van der Waals surface area (Å²) in [7, 11) is 1.07. The summed E-state index contributed by atoms with van der Waals surface area (Å²) in [4.78, 5) is 3.08. The lowest BCUT2D eigenvalue weighted by Gasteiger charge is -2.08. The Kier molecular flexibility index (Phi) is 4.02. The molecule has 0 spiro atoms. The lowest BCUT2D eigenvalue weighted by molar-refractivity contribution is 0.145. The van der Waals surface area contributed by atoms with Crippen LogP contribution in [0.2, 0.25) is 0 Å². The second-order valence-electron chi connectivity index (χ2n) is 2.55. The Morgan fingerprint density at radius 3 is 2.53 bits per heavy atom. The number of hydrogen-bond acceptors (Lipinski definition) is 3. The Balaban J connectivity index is 3.49. The first-order chi connectivity index (χ1) is 6.88. The minimum Gasteiger partial charge on any atom is -0.255 e. The van der Waals surface area contributed by atoms with E-state index in [4.69, 9.17) is 10.7 Å². The monoisotopic (exact) mass is 319 g/mol. The van der Waals surface area contributed by atoms with E-state index in [9.17, 15) is 17.2 Å². The van der Waals surface area contributed by atoms with Crippen molar-refractivity contribution in [1.29, 1.82) is 0 Å². The average molecular weight is 321 g/mol. The van der Waals surface area contributed by atoms with Crippen LogP contribution in [0.15, 0.2) is 17.2 Å². The van der Waals surface area contributed by atoms with Crippen LogP contribution in [0.1, 0.15) is 17.7 Å². The lowest BCUT2D eigenvalue weighted by atomic mass is 10.2. The van der Waals surface area contributed by atoms with Gasteiger partial charge in [0.2, 0.25) is 0 Å². The fourth-order valence-corrected chi connectivity index (χ4v) is 2.94. The van der Waals surface area contributed by atoms with E-state index in [0.717, 1.165) is 12.3 Å². The number of hydrogen-bond donors (Lipinski definition) is 0. The zero-order valence-corrected chi connectivity index (χ0v) is 10.3. The Hall–Kier alpha value is -0.270. The molecular weight excluding hydrogens is 316 g/mol. The highest BCUT2D eigenvalue weighted by molar-refractivity contribution is 9.08. The van der Waals surface area contributed by atoms with Gasteiger partial charge in [0, 0.05) is 27.8 Å². The molecule has 0 radical (unpaired) electrons. The number of alkyl halides is 3. The van der Waals surface area contributed by atoms with Crippen LogP contribution in [-0.4, -0.2) is 13.4 Å². The molecule has 0 aliphatic heterocycles. The van der Waals surface area contributed by atoms with Crippen molar-refractivity contribution in [1.82, 2.24) is 4.98 Å². The maximum absolute atomic E-state index is 12.5. The zero-order chi connectivity index (χ0) is 11.6. The summed E-state index contributed by atoms with van der Waals surface area (Å²) in [6, 6.07) is 1.09. The van der Waals surface area contributed by atoms with Crippen LogP contribution in [0.25, 0.3) is 0 Å². The molecule has 1 aromatic heterocycles. The Bertz CT molecular complexity index is 466. The van der Waals surface area contributed by atoms with E-state index >= 15 is 0 Å². The molecule has 8 heteroatoms. The van der Waals surface area contributed by atoms with Crippen LogP contribution in [0.5, 0.6) is 0 Å². The van der Waals surface area contributed by atoms with Crippen molar-refractivity contribution in [2.45, 2.75) is 16.7 Å². The predicted octanol–water partition coefficient (Wildman–Crippen LogP) is 2.84. The highest BCUT2D eigenvalue weighted by Crippen LogP contribution is 2.29. The molecule has 0 atom stereocenters. The molecule has 0 N–H and O–H groups in total. The molecule has 15 heavy (non-hydrogen) atoms. The molecule has 0 aliphatic carbocycles. The lowest BCUT2D eigenvalue weighted by Crippen LogP contribution is -2.03.